The van der Waals surface area contributed by atoms with Crippen LogP contribution in [0.3, 0.4) is 0 Å². The maximum atomic E-state index is 9.04. The normalized spacial score (nSPS) is 16.5. The lowest BCUT2D eigenvalue weighted by Crippen LogP contribution is -2.53. The molecule has 4 atom stereocenters. The minimum Gasteiger partial charge on any atom is -0.409 e. The van der Waals surface area contributed by atoms with Gasteiger partial charge in [0.1, 0.15) is 59.4 Å². The highest BCUT2D eigenvalue weighted by Gasteiger charge is 2.39. The van der Waals surface area contributed by atoms with Gasteiger partial charge < -0.3 is 94.1 Å². The molecule has 0 saturated carbocycles. The van der Waals surface area contributed by atoms with Gasteiger partial charge in [-0.25, -0.2) is 0 Å². The standard InChI is InChI=1S/C24H50N12O12/c25-17(31-37)1-7-43-13-15(45-9-3-19(27)33-39)23(47-11-5-21(29)35-41)24(48-12-6-22(30)36-42)16(46-10-4-20(28)34-40)14-44-8-2-18(26)32-38/h15-16,23-24,37-42H,1-14H2,(H2,25,31)(H2,26,32)(H2,27,33)(H2,28,34)(H2,29,35)(H2,30,36). The largest absolute Gasteiger partial charge is 0.409 e. The van der Waals surface area contributed by atoms with Gasteiger partial charge in [-0.3, -0.25) is 0 Å². The number of nitrogens with two attached hydrogens (primary N) is 6. The summed E-state index contributed by atoms with van der Waals surface area (Å²) in [5.74, 6) is -0.704. The molecule has 0 aromatic heterocycles. The first-order chi connectivity index (χ1) is 23.1. The molecule has 24 heteroatoms. The molecule has 18 N–H and O–H groups in total. The van der Waals surface area contributed by atoms with E-state index in [1.807, 2.05) is 0 Å². The predicted octanol–water partition coefficient (Wildman–Crippen LogP) is -2.62. The Bertz CT molecular complexity index is 968. The second kappa shape index (κ2) is 27.5. The topological polar surface area (TPSA) is 407 Å². The Hall–Kier alpha value is -4.62. The second-order valence-corrected chi connectivity index (χ2v) is 9.69. The van der Waals surface area contributed by atoms with Gasteiger partial charge >= 0.3 is 0 Å². The van der Waals surface area contributed by atoms with E-state index in [0.717, 1.165) is 0 Å². The zero-order valence-corrected chi connectivity index (χ0v) is 26.5. The maximum absolute atomic E-state index is 9.04. The first-order valence-corrected chi connectivity index (χ1v) is 14.5. The average Bonchev–Trinajstić information content (AvgIpc) is 3.10. The van der Waals surface area contributed by atoms with Crippen molar-refractivity contribution in [3.05, 3.63) is 0 Å². The number of hydrogen-bond acceptors (Lipinski definition) is 18. The molecule has 0 aliphatic rings. The molecule has 0 fully saturated rings. The molecule has 0 aromatic carbocycles. The van der Waals surface area contributed by atoms with Crippen LogP contribution in [0.25, 0.3) is 0 Å². The minimum absolute atomic E-state index is 0.000375. The molecule has 48 heavy (non-hydrogen) atoms. The fraction of sp³-hybridized carbons (Fsp3) is 0.750. The van der Waals surface area contributed by atoms with Crippen LogP contribution in [0.4, 0.5) is 0 Å². The van der Waals surface area contributed by atoms with Crippen LogP contribution in [0.15, 0.2) is 30.9 Å². The molecule has 0 aliphatic carbocycles. The second-order valence-electron chi connectivity index (χ2n) is 9.69. The Labute approximate surface area is 276 Å². The first kappa shape index (κ1) is 43.4. The highest BCUT2D eigenvalue weighted by molar-refractivity contribution is 5.81. The van der Waals surface area contributed by atoms with Crippen LogP contribution in [0, 0.1) is 0 Å². The van der Waals surface area contributed by atoms with E-state index in [-0.39, 0.29) is 126 Å². The molecule has 278 valence electrons. The maximum Gasteiger partial charge on any atom is 0.141 e. The third kappa shape index (κ3) is 20.5. The number of nitrogens with zero attached hydrogens (tertiary/aromatic N) is 6. The highest BCUT2D eigenvalue weighted by Crippen LogP contribution is 2.21. The molecule has 0 aliphatic heterocycles. The third-order valence-corrected chi connectivity index (χ3v) is 6.11. The van der Waals surface area contributed by atoms with Crippen molar-refractivity contribution in [2.24, 2.45) is 65.3 Å². The van der Waals surface area contributed by atoms with Crippen LogP contribution >= 0.6 is 0 Å². The van der Waals surface area contributed by atoms with Gasteiger partial charge in [0.2, 0.25) is 0 Å². The zero-order chi connectivity index (χ0) is 36.2. The van der Waals surface area contributed by atoms with E-state index < -0.39 is 24.4 Å². The van der Waals surface area contributed by atoms with Gasteiger partial charge in [-0.15, -0.1) is 0 Å². The van der Waals surface area contributed by atoms with Crippen molar-refractivity contribution < 1.29 is 59.7 Å². The molecule has 0 spiro atoms. The molecule has 0 radical (unpaired) electrons. The van der Waals surface area contributed by atoms with Gasteiger partial charge in [0.05, 0.1) is 52.9 Å². The summed E-state index contributed by atoms with van der Waals surface area (Å²) < 4.78 is 36.0. The summed E-state index contributed by atoms with van der Waals surface area (Å²) in [6.07, 6.45) is -4.16. The molecule has 4 unspecified atom stereocenters. The van der Waals surface area contributed by atoms with Gasteiger partial charge in [-0.2, -0.15) is 0 Å². The zero-order valence-electron chi connectivity index (χ0n) is 26.5. The molecule has 0 bridgehead atoms. The van der Waals surface area contributed by atoms with Crippen molar-refractivity contribution in [1.29, 1.82) is 0 Å². The number of ether oxygens (including phenoxy) is 6. The lowest BCUT2D eigenvalue weighted by molar-refractivity contribution is -0.194. The summed E-state index contributed by atoms with van der Waals surface area (Å²) in [7, 11) is 0. The number of oxime groups is 6. The Morgan fingerprint density at radius 2 is 0.604 bits per heavy atom. The lowest BCUT2D eigenvalue weighted by Gasteiger charge is -2.37. The van der Waals surface area contributed by atoms with Crippen molar-refractivity contribution in [2.75, 3.05) is 52.9 Å². The van der Waals surface area contributed by atoms with Crippen molar-refractivity contribution in [3.8, 4) is 0 Å². The van der Waals surface area contributed by atoms with Crippen molar-refractivity contribution >= 4 is 35.0 Å². The summed E-state index contributed by atoms with van der Waals surface area (Å²) in [6, 6.07) is 0. The van der Waals surface area contributed by atoms with E-state index in [1.54, 1.807) is 0 Å². The highest BCUT2D eigenvalue weighted by atomic mass is 16.6. The Balaban J connectivity index is 6.69. The quantitative estimate of drug-likeness (QED) is 0.0125. The fourth-order valence-electron chi connectivity index (χ4n) is 3.58. The summed E-state index contributed by atoms with van der Waals surface area (Å²) in [4.78, 5) is 0. The fourth-order valence-corrected chi connectivity index (χ4v) is 3.58. The predicted molar refractivity (Wildman–Crippen MR) is 169 cm³/mol. The SMILES string of the molecule is N/C(CCOCC(OCC/C(N)=N/O)C(OCC/C(N)=N/O)C(OCC/C(N)=N/O)C(COCC/C(N)=N/O)OCC/C(N)=N/O)=N\O. The first-order valence-electron chi connectivity index (χ1n) is 14.5. The van der Waals surface area contributed by atoms with E-state index in [4.69, 9.17) is 94.1 Å². The molecule has 0 aromatic rings. The Kier molecular flexibility index (Phi) is 24.8. The number of rotatable bonds is 29. The van der Waals surface area contributed by atoms with E-state index in [9.17, 15) is 0 Å². The Morgan fingerprint density at radius 1 is 0.375 bits per heavy atom. The van der Waals surface area contributed by atoms with Crippen LogP contribution in [0.1, 0.15) is 38.5 Å². The summed E-state index contributed by atoms with van der Waals surface area (Å²) >= 11 is 0. The van der Waals surface area contributed by atoms with Crippen LogP contribution in [-0.2, 0) is 28.4 Å². The molecule has 0 amide bonds. The van der Waals surface area contributed by atoms with Crippen LogP contribution in [-0.4, -0.2) is 144 Å². The van der Waals surface area contributed by atoms with Crippen LogP contribution < -0.4 is 34.4 Å². The molecule has 24 nitrogen and oxygen atoms in total. The van der Waals surface area contributed by atoms with Crippen LogP contribution in [0.2, 0.25) is 0 Å². The number of amidine groups is 6. The molecular formula is C24H50N12O12. The van der Waals surface area contributed by atoms with E-state index in [0.29, 0.717) is 0 Å². The monoisotopic (exact) mass is 698 g/mol. The third-order valence-electron chi connectivity index (χ3n) is 6.11. The average molecular weight is 699 g/mol. The van der Waals surface area contributed by atoms with Gasteiger partial charge in [0.25, 0.3) is 0 Å². The van der Waals surface area contributed by atoms with E-state index in [2.05, 4.69) is 30.9 Å². The van der Waals surface area contributed by atoms with Crippen molar-refractivity contribution in [3.63, 3.8) is 0 Å². The minimum atomic E-state index is -1.11. The summed E-state index contributed by atoms with van der Waals surface area (Å²) in [5.41, 5.74) is 33.6. The molecule has 0 saturated heterocycles. The number of hydrogen-bond donors (Lipinski definition) is 12. The van der Waals surface area contributed by atoms with Gasteiger partial charge in [0, 0.05) is 38.5 Å². The van der Waals surface area contributed by atoms with Gasteiger partial charge in [-0.1, -0.05) is 30.9 Å². The van der Waals surface area contributed by atoms with Crippen LogP contribution in [0.5, 0.6) is 0 Å². The summed E-state index contributed by atoms with van der Waals surface area (Å²) in [6.45, 7) is -0.803. The van der Waals surface area contributed by atoms with Gasteiger partial charge in [-0.05, 0) is 0 Å². The summed E-state index contributed by atoms with van der Waals surface area (Å²) in [5, 5.41) is 71.3. The van der Waals surface area contributed by atoms with Crippen molar-refractivity contribution in [2.45, 2.75) is 62.9 Å². The van der Waals surface area contributed by atoms with Gasteiger partial charge in [0.15, 0.2) is 0 Å². The van der Waals surface area contributed by atoms with E-state index in [1.165, 1.54) is 0 Å². The smallest absolute Gasteiger partial charge is 0.141 e. The molecule has 0 rings (SSSR count). The lowest BCUT2D eigenvalue weighted by atomic mass is 10.0. The van der Waals surface area contributed by atoms with E-state index >= 15 is 0 Å². The Morgan fingerprint density at radius 3 is 0.854 bits per heavy atom. The molecular weight excluding hydrogens is 648 g/mol. The van der Waals surface area contributed by atoms with Crippen molar-refractivity contribution in [1.82, 2.24) is 0 Å². The molecule has 0 heterocycles.